The first-order valence-electron chi connectivity index (χ1n) is 7.47. The van der Waals surface area contributed by atoms with Crippen LogP contribution in [0.4, 0.5) is 0 Å². The number of carbonyl (C=O) groups excluding carboxylic acids is 1. The Kier molecular flexibility index (Phi) is 4.20. The molecule has 114 valence electrons. The number of carbonyl (C=O) groups is 1. The number of hydrogen-bond donors (Lipinski definition) is 1. The van der Waals surface area contributed by atoms with Crippen molar-refractivity contribution < 1.29 is 9.90 Å². The Morgan fingerprint density at radius 3 is 2.57 bits per heavy atom. The molecule has 0 fully saturated rings. The van der Waals surface area contributed by atoms with E-state index in [1.165, 1.54) is 6.92 Å². The molecule has 1 heterocycles. The highest BCUT2D eigenvalue weighted by Gasteiger charge is 2.12. The van der Waals surface area contributed by atoms with Crippen LogP contribution in [0.1, 0.15) is 28.5 Å². The van der Waals surface area contributed by atoms with Crippen molar-refractivity contribution in [3.8, 4) is 16.9 Å². The summed E-state index contributed by atoms with van der Waals surface area (Å²) >= 11 is 0. The zero-order chi connectivity index (χ0) is 16.2. The predicted molar refractivity (Wildman–Crippen MR) is 90.6 cm³/mol. The zero-order valence-corrected chi connectivity index (χ0v) is 12.9. The molecule has 0 aliphatic heterocycles. The lowest BCUT2D eigenvalue weighted by atomic mass is 9.99. The Bertz CT molecular complexity index is 841. The lowest BCUT2D eigenvalue weighted by Crippen LogP contribution is -1.96. The van der Waals surface area contributed by atoms with E-state index in [0.717, 1.165) is 11.1 Å². The van der Waals surface area contributed by atoms with Crippen LogP contribution in [0.15, 0.2) is 66.9 Å². The highest BCUT2D eigenvalue weighted by molar-refractivity contribution is 5.95. The van der Waals surface area contributed by atoms with Gasteiger partial charge in [-0.3, -0.25) is 9.78 Å². The molecular formula is C20H17NO2. The molecule has 0 radical (unpaired) electrons. The third kappa shape index (κ3) is 3.29. The molecule has 3 nitrogen and oxygen atoms in total. The fourth-order valence-electron chi connectivity index (χ4n) is 2.55. The van der Waals surface area contributed by atoms with Crippen molar-refractivity contribution in [1.29, 1.82) is 0 Å². The fraction of sp³-hybridized carbons (Fsp3) is 0.100. The van der Waals surface area contributed by atoms with Crippen LogP contribution < -0.4 is 0 Å². The van der Waals surface area contributed by atoms with Crippen LogP contribution in [-0.4, -0.2) is 15.9 Å². The number of nitrogens with zero attached hydrogens (tertiary/aromatic N) is 1. The maximum Gasteiger partial charge on any atom is 0.159 e. The topological polar surface area (TPSA) is 50.2 Å². The van der Waals surface area contributed by atoms with Crippen molar-refractivity contribution in [2.24, 2.45) is 0 Å². The Hall–Kier alpha value is -2.94. The van der Waals surface area contributed by atoms with Gasteiger partial charge in [0.25, 0.3) is 0 Å². The van der Waals surface area contributed by atoms with Crippen molar-refractivity contribution in [2.45, 2.75) is 13.3 Å². The SMILES string of the molecule is CC(=O)c1cccc(-c2ccnc(Cc3ccccc3)c2O)c1. The van der Waals surface area contributed by atoms with Gasteiger partial charge < -0.3 is 5.11 Å². The van der Waals surface area contributed by atoms with Crippen molar-refractivity contribution in [2.75, 3.05) is 0 Å². The minimum atomic E-state index is 0.00454. The molecule has 0 saturated carbocycles. The van der Waals surface area contributed by atoms with Gasteiger partial charge in [-0.2, -0.15) is 0 Å². The molecule has 2 aromatic carbocycles. The first-order chi connectivity index (χ1) is 11.1. The summed E-state index contributed by atoms with van der Waals surface area (Å²) in [5.41, 5.74) is 3.84. The average Bonchev–Trinajstić information content (AvgIpc) is 2.58. The minimum Gasteiger partial charge on any atom is -0.505 e. The van der Waals surface area contributed by atoms with Crippen LogP contribution in [0.5, 0.6) is 5.75 Å². The van der Waals surface area contributed by atoms with Crippen molar-refractivity contribution >= 4 is 5.78 Å². The van der Waals surface area contributed by atoms with Crippen LogP contribution in [0.25, 0.3) is 11.1 Å². The maximum atomic E-state index is 11.5. The van der Waals surface area contributed by atoms with Gasteiger partial charge >= 0.3 is 0 Å². The number of Topliss-reactive ketones (excluding diaryl/α,β-unsaturated/α-hetero) is 1. The van der Waals surface area contributed by atoms with E-state index >= 15 is 0 Å². The number of aromatic hydroxyl groups is 1. The van der Waals surface area contributed by atoms with Crippen LogP contribution in [0.2, 0.25) is 0 Å². The molecule has 0 aliphatic carbocycles. The molecule has 0 aliphatic rings. The molecule has 3 rings (SSSR count). The van der Waals surface area contributed by atoms with E-state index in [-0.39, 0.29) is 11.5 Å². The molecule has 1 N–H and O–H groups in total. The number of rotatable bonds is 4. The summed E-state index contributed by atoms with van der Waals surface area (Å²) in [7, 11) is 0. The first-order valence-corrected chi connectivity index (χ1v) is 7.47. The fourth-order valence-corrected chi connectivity index (χ4v) is 2.55. The quantitative estimate of drug-likeness (QED) is 0.733. The molecule has 0 bridgehead atoms. The standard InChI is InChI=1S/C20H17NO2/c1-14(22)16-8-5-9-17(13-16)18-10-11-21-19(20(18)23)12-15-6-3-2-4-7-15/h2-11,13,23H,12H2,1H3. The molecular weight excluding hydrogens is 286 g/mol. The van der Waals surface area contributed by atoms with Gasteiger partial charge in [-0.15, -0.1) is 0 Å². The normalized spacial score (nSPS) is 10.5. The number of benzene rings is 2. The third-order valence-corrected chi connectivity index (χ3v) is 3.79. The van der Waals surface area contributed by atoms with Crippen LogP contribution in [0.3, 0.4) is 0 Å². The Labute approximate surface area is 135 Å². The second-order valence-electron chi connectivity index (χ2n) is 5.45. The summed E-state index contributed by atoms with van der Waals surface area (Å²) in [5, 5.41) is 10.6. The molecule has 0 amide bonds. The number of ketones is 1. The van der Waals surface area contributed by atoms with E-state index in [0.29, 0.717) is 23.2 Å². The average molecular weight is 303 g/mol. The summed E-state index contributed by atoms with van der Waals surface area (Å²) < 4.78 is 0. The maximum absolute atomic E-state index is 11.5. The Balaban J connectivity index is 2.00. The highest BCUT2D eigenvalue weighted by Crippen LogP contribution is 2.32. The van der Waals surface area contributed by atoms with Gasteiger partial charge in [-0.25, -0.2) is 0 Å². The van der Waals surface area contributed by atoms with Gasteiger partial charge in [0.2, 0.25) is 0 Å². The van der Waals surface area contributed by atoms with Crippen molar-refractivity contribution in [1.82, 2.24) is 4.98 Å². The molecule has 0 saturated heterocycles. The van der Waals surface area contributed by atoms with Gasteiger partial charge in [0.1, 0.15) is 5.75 Å². The Morgan fingerprint density at radius 1 is 1.04 bits per heavy atom. The number of pyridine rings is 1. The summed E-state index contributed by atoms with van der Waals surface area (Å²) in [6, 6.07) is 18.9. The molecule has 1 aromatic heterocycles. The molecule has 0 spiro atoms. The first kappa shape index (κ1) is 15.0. The summed E-state index contributed by atoms with van der Waals surface area (Å²) in [5.74, 6) is 0.168. The van der Waals surface area contributed by atoms with E-state index < -0.39 is 0 Å². The molecule has 3 aromatic rings. The smallest absolute Gasteiger partial charge is 0.159 e. The van der Waals surface area contributed by atoms with Gasteiger partial charge in [-0.1, -0.05) is 48.5 Å². The molecule has 23 heavy (non-hydrogen) atoms. The van der Waals surface area contributed by atoms with Gasteiger partial charge in [0.15, 0.2) is 5.78 Å². The second-order valence-corrected chi connectivity index (χ2v) is 5.45. The largest absolute Gasteiger partial charge is 0.505 e. The molecule has 0 atom stereocenters. The van der Waals surface area contributed by atoms with Crippen molar-refractivity contribution in [3.63, 3.8) is 0 Å². The lowest BCUT2D eigenvalue weighted by molar-refractivity contribution is 0.101. The predicted octanol–water partition coefficient (Wildman–Crippen LogP) is 4.25. The van der Waals surface area contributed by atoms with E-state index in [4.69, 9.17) is 0 Å². The minimum absolute atomic E-state index is 0.00454. The highest BCUT2D eigenvalue weighted by atomic mass is 16.3. The Morgan fingerprint density at radius 2 is 1.83 bits per heavy atom. The van der Waals surface area contributed by atoms with Crippen molar-refractivity contribution in [3.05, 3.63) is 83.7 Å². The summed E-state index contributed by atoms with van der Waals surface area (Å²) in [6.07, 6.45) is 2.25. The molecule has 0 unspecified atom stereocenters. The lowest BCUT2D eigenvalue weighted by Gasteiger charge is -2.10. The summed E-state index contributed by atoms with van der Waals surface area (Å²) in [6.45, 7) is 1.53. The van der Waals surface area contributed by atoms with E-state index in [1.807, 2.05) is 42.5 Å². The van der Waals surface area contributed by atoms with Crippen LogP contribution in [-0.2, 0) is 6.42 Å². The molecule has 3 heteroatoms. The second kappa shape index (κ2) is 6.44. The number of hydrogen-bond acceptors (Lipinski definition) is 3. The van der Waals surface area contributed by atoms with Crippen LogP contribution in [0, 0.1) is 0 Å². The third-order valence-electron chi connectivity index (χ3n) is 3.79. The van der Waals surface area contributed by atoms with E-state index in [1.54, 1.807) is 24.4 Å². The number of aromatic nitrogens is 1. The van der Waals surface area contributed by atoms with Crippen LogP contribution >= 0.6 is 0 Å². The summed E-state index contributed by atoms with van der Waals surface area (Å²) in [4.78, 5) is 15.8. The van der Waals surface area contributed by atoms with E-state index in [2.05, 4.69) is 4.98 Å². The monoisotopic (exact) mass is 303 g/mol. The zero-order valence-electron chi connectivity index (χ0n) is 12.9. The van der Waals surface area contributed by atoms with Gasteiger partial charge in [0.05, 0.1) is 5.69 Å². The van der Waals surface area contributed by atoms with Gasteiger partial charge in [0, 0.05) is 23.7 Å². The van der Waals surface area contributed by atoms with E-state index in [9.17, 15) is 9.90 Å². The van der Waals surface area contributed by atoms with Gasteiger partial charge in [-0.05, 0) is 30.2 Å².